The van der Waals surface area contributed by atoms with Crippen LogP contribution in [0.3, 0.4) is 0 Å². The third kappa shape index (κ3) is 4.57. The Kier molecular flexibility index (Phi) is 6.23. The van der Waals surface area contributed by atoms with Crippen molar-refractivity contribution < 1.29 is 4.79 Å². The molecule has 1 aromatic heterocycles. The van der Waals surface area contributed by atoms with Crippen LogP contribution < -0.4 is 5.43 Å². The van der Waals surface area contributed by atoms with Gasteiger partial charge in [0.25, 0.3) is 0 Å². The molecule has 0 unspecified atom stereocenters. The zero-order valence-corrected chi connectivity index (χ0v) is 18.6. The van der Waals surface area contributed by atoms with Crippen LogP contribution in [0.1, 0.15) is 41.6 Å². The number of piperazine rings is 1. The number of hydrogen-bond donors (Lipinski definition) is 1. The summed E-state index contributed by atoms with van der Waals surface area (Å²) in [5.74, 6) is 0.148. The summed E-state index contributed by atoms with van der Waals surface area (Å²) in [5.41, 5.74) is 5.16. The first-order chi connectivity index (χ1) is 15.0. The van der Waals surface area contributed by atoms with Crippen molar-refractivity contribution in [2.24, 2.45) is 0 Å². The summed E-state index contributed by atoms with van der Waals surface area (Å²) < 4.78 is 0. The fourth-order valence-corrected chi connectivity index (χ4v) is 4.74. The maximum atomic E-state index is 13.1. The highest BCUT2D eigenvalue weighted by atomic mass is 16.2. The van der Waals surface area contributed by atoms with Crippen LogP contribution in [-0.2, 0) is 11.3 Å². The Morgan fingerprint density at radius 3 is 2.42 bits per heavy atom. The van der Waals surface area contributed by atoms with Gasteiger partial charge < -0.3 is 9.88 Å². The smallest absolute Gasteiger partial charge is 0.230 e. The van der Waals surface area contributed by atoms with E-state index in [4.69, 9.17) is 0 Å². The highest BCUT2D eigenvalue weighted by Gasteiger charge is 2.27. The minimum absolute atomic E-state index is 0.0729. The summed E-state index contributed by atoms with van der Waals surface area (Å²) in [6.07, 6.45) is 0.806. The van der Waals surface area contributed by atoms with Gasteiger partial charge in [-0.05, 0) is 43.0 Å². The molecule has 31 heavy (non-hydrogen) atoms. The number of benzene rings is 2. The molecule has 2 aromatic carbocycles. The van der Waals surface area contributed by atoms with Gasteiger partial charge in [0.05, 0.1) is 11.4 Å². The van der Waals surface area contributed by atoms with Crippen molar-refractivity contribution in [3.63, 3.8) is 0 Å². The number of pyridine rings is 1. The quantitative estimate of drug-likeness (QED) is 0.683. The largest absolute Gasteiger partial charge is 0.357 e. The van der Waals surface area contributed by atoms with Gasteiger partial charge in [-0.1, -0.05) is 43.3 Å². The molecule has 5 heteroatoms. The molecular weight excluding hydrogens is 386 g/mol. The van der Waals surface area contributed by atoms with E-state index in [0.29, 0.717) is 6.54 Å². The van der Waals surface area contributed by atoms with Gasteiger partial charge in [-0.15, -0.1) is 0 Å². The van der Waals surface area contributed by atoms with Crippen molar-refractivity contribution in [2.75, 3.05) is 26.2 Å². The SMILES string of the molecule is CC[C@@H](C(=O)N1CCN(Cc2cc(=O)c3c(C)cc(C)cc3[nH]2)CC1)c1ccccc1. The first-order valence-corrected chi connectivity index (χ1v) is 11.2. The number of hydrogen-bond acceptors (Lipinski definition) is 3. The number of carbonyl (C=O) groups is 1. The third-order valence-electron chi connectivity index (χ3n) is 6.31. The van der Waals surface area contributed by atoms with E-state index in [1.165, 1.54) is 0 Å². The van der Waals surface area contributed by atoms with Gasteiger partial charge in [0.2, 0.25) is 5.91 Å². The van der Waals surface area contributed by atoms with Gasteiger partial charge in [0.1, 0.15) is 0 Å². The molecule has 5 nitrogen and oxygen atoms in total. The van der Waals surface area contributed by atoms with Crippen molar-refractivity contribution in [1.29, 1.82) is 0 Å². The van der Waals surface area contributed by atoms with Crippen LogP contribution in [-0.4, -0.2) is 46.9 Å². The van der Waals surface area contributed by atoms with E-state index < -0.39 is 0 Å². The van der Waals surface area contributed by atoms with Crippen molar-refractivity contribution in [1.82, 2.24) is 14.8 Å². The molecule has 1 atom stereocenters. The zero-order chi connectivity index (χ0) is 22.0. The summed E-state index contributed by atoms with van der Waals surface area (Å²) in [4.78, 5) is 33.5. The van der Waals surface area contributed by atoms with Crippen LogP contribution in [0.5, 0.6) is 0 Å². The molecule has 162 valence electrons. The second kappa shape index (κ2) is 9.06. The predicted molar refractivity (Wildman–Crippen MR) is 125 cm³/mol. The van der Waals surface area contributed by atoms with Crippen LogP contribution in [0.2, 0.25) is 0 Å². The number of H-pyrrole nitrogens is 1. The van der Waals surface area contributed by atoms with E-state index in [-0.39, 0.29) is 17.3 Å². The lowest BCUT2D eigenvalue weighted by molar-refractivity contribution is -0.134. The highest BCUT2D eigenvalue weighted by molar-refractivity contribution is 5.84. The molecule has 0 aliphatic carbocycles. The van der Waals surface area contributed by atoms with Crippen molar-refractivity contribution >= 4 is 16.8 Å². The van der Waals surface area contributed by atoms with Crippen molar-refractivity contribution in [3.8, 4) is 0 Å². The first-order valence-electron chi connectivity index (χ1n) is 11.2. The molecule has 0 bridgehead atoms. The molecule has 1 amide bonds. The number of rotatable bonds is 5. The van der Waals surface area contributed by atoms with Crippen LogP contribution in [0.15, 0.2) is 53.3 Å². The second-order valence-corrected chi connectivity index (χ2v) is 8.64. The van der Waals surface area contributed by atoms with E-state index in [9.17, 15) is 9.59 Å². The van der Waals surface area contributed by atoms with E-state index in [2.05, 4.69) is 16.8 Å². The maximum absolute atomic E-state index is 13.1. The third-order valence-corrected chi connectivity index (χ3v) is 6.31. The summed E-state index contributed by atoms with van der Waals surface area (Å²) in [6.45, 7) is 9.86. The summed E-state index contributed by atoms with van der Waals surface area (Å²) >= 11 is 0. The van der Waals surface area contributed by atoms with Crippen LogP contribution in [0, 0.1) is 13.8 Å². The average Bonchev–Trinajstić information content (AvgIpc) is 2.74. The fraction of sp³-hybridized carbons (Fsp3) is 0.385. The molecule has 0 saturated carbocycles. The van der Waals surface area contributed by atoms with E-state index >= 15 is 0 Å². The summed E-state index contributed by atoms with van der Waals surface area (Å²) in [7, 11) is 0. The van der Waals surface area contributed by atoms with Gasteiger partial charge in [0, 0.05) is 49.9 Å². The number of nitrogens with one attached hydrogen (secondary N) is 1. The Balaban J connectivity index is 1.42. The zero-order valence-electron chi connectivity index (χ0n) is 18.6. The Hall–Kier alpha value is -2.92. The summed E-state index contributed by atoms with van der Waals surface area (Å²) in [5, 5.41) is 0.774. The lowest BCUT2D eigenvalue weighted by Gasteiger charge is -2.36. The minimum Gasteiger partial charge on any atom is -0.357 e. The normalized spacial score (nSPS) is 15.9. The lowest BCUT2D eigenvalue weighted by atomic mass is 9.95. The van der Waals surface area contributed by atoms with E-state index in [1.807, 2.05) is 61.2 Å². The Morgan fingerprint density at radius 2 is 1.74 bits per heavy atom. The number of carbonyl (C=O) groups excluding carboxylic acids is 1. The molecule has 1 aliphatic rings. The Labute approximate surface area is 183 Å². The van der Waals surface area contributed by atoms with Gasteiger partial charge in [-0.2, -0.15) is 0 Å². The highest BCUT2D eigenvalue weighted by Crippen LogP contribution is 2.23. The number of aromatic nitrogens is 1. The lowest BCUT2D eigenvalue weighted by Crippen LogP contribution is -2.49. The number of aryl methyl sites for hydroxylation is 2. The monoisotopic (exact) mass is 417 g/mol. The second-order valence-electron chi connectivity index (χ2n) is 8.64. The number of aromatic amines is 1. The van der Waals surface area contributed by atoms with Crippen LogP contribution in [0.25, 0.3) is 10.9 Å². The molecule has 4 rings (SSSR count). The molecule has 2 heterocycles. The Morgan fingerprint density at radius 1 is 1.03 bits per heavy atom. The first kappa shape index (κ1) is 21.3. The molecular formula is C26H31N3O2. The predicted octanol–water partition coefficient (Wildman–Crippen LogP) is 3.98. The molecule has 1 fully saturated rings. The van der Waals surface area contributed by atoms with Gasteiger partial charge in [-0.25, -0.2) is 0 Å². The molecule has 1 N–H and O–H groups in total. The molecule has 3 aromatic rings. The van der Waals surface area contributed by atoms with E-state index in [1.54, 1.807) is 6.07 Å². The molecule has 1 aliphatic heterocycles. The van der Waals surface area contributed by atoms with Crippen molar-refractivity contribution in [3.05, 3.63) is 81.1 Å². The number of nitrogens with zero attached hydrogens (tertiary/aromatic N) is 2. The van der Waals surface area contributed by atoms with Crippen LogP contribution in [0.4, 0.5) is 0 Å². The number of fused-ring (bicyclic) bond motifs is 1. The van der Waals surface area contributed by atoms with Gasteiger partial charge in [0.15, 0.2) is 5.43 Å². The standard InChI is InChI=1S/C26H31N3O2/c1-4-22(20-8-6-5-7-9-20)26(31)29-12-10-28(11-13-29)17-21-16-24(30)25-19(3)14-18(2)15-23(25)27-21/h5-9,14-16,22H,4,10-13,17H2,1-3H3,(H,27,30)/t22-/m1/s1. The van der Waals surface area contributed by atoms with Crippen molar-refractivity contribution in [2.45, 2.75) is 39.7 Å². The van der Waals surface area contributed by atoms with Gasteiger partial charge in [-0.3, -0.25) is 14.5 Å². The average molecular weight is 418 g/mol. The number of amides is 1. The molecule has 0 spiro atoms. The molecule has 1 saturated heterocycles. The molecule has 0 radical (unpaired) electrons. The topological polar surface area (TPSA) is 56.4 Å². The maximum Gasteiger partial charge on any atom is 0.230 e. The fourth-order valence-electron chi connectivity index (χ4n) is 4.74. The summed E-state index contributed by atoms with van der Waals surface area (Å²) in [6, 6.07) is 15.9. The van der Waals surface area contributed by atoms with Gasteiger partial charge >= 0.3 is 0 Å². The van der Waals surface area contributed by atoms with E-state index in [0.717, 1.165) is 65.9 Å². The minimum atomic E-state index is -0.0731. The Bertz CT molecular complexity index is 1130. The van der Waals surface area contributed by atoms with Crippen LogP contribution >= 0.6 is 0 Å².